The highest BCUT2D eigenvalue weighted by atomic mass is 127. The Balaban J connectivity index is 1.92. The summed E-state index contributed by atoms with van der Waals surface area (Å²) in [6.45, 7) is 0. The van der Waals surface area contributed by atoms with Gasteiger partial charge in [0.15, 0.2) is 15.8 Å². The fraction of sp³-hybridized carbons (Fsp3) is 0.111. The number of rotatable bonds is 5. The van der Waals surface area contributed by atoms with Crippen LogP contribution in [0.4, 0.5) is 0 Å². The van der Waals surface area contributed by atoms with E-state index in [9.17, 15) is 5.26 Å². The number of benzene rings is 2. The van der Waals surface area contributed by atoms with Crippen LogP contribution in [0.3, 0.4) is 0 Å². The van der Waals surface area contributed by atoms with Gasteiger partial charge in [-0.1, -0.05) is 12.1 Å². The van der Waals surface area contributed by atoms with Crippen molar-refractivity contribution in [3.63, 3.8) is 0 Å². The number of nitriles is 1. The van der Waals surface area contributed by atoms with E-state index in [0.717, 1.165) is 23.7 Å². The summed E-state index contributed by atoms with van der Waals surface area (Å²) in [5, 5.41) is 9.50. The molecule has 0 bridgehead atoms. The SMILES string of the molecule is COc1cc(/C=C(\C#N)Sc2nc3ccccc3s2)cc(I)c1OC. The van der Waals surface area contributed by atoms with Crippen molar-refractivity contribution < 1.29 is 9.47 Å². The van der Waals surface area contributed by atoms with Gasteiger partial charge in [-0.3, -0.25) is 0 Å². The summed E-state index contributed by atoms with van der Waals surface area (Å²) < 4.78 is 13.6. The summed E-state index contributed by atoms with van der Waals surface area (Å²) in [5.74, 6) is 1.33. The standard InChI is InChI=1S/C18H13IN2O2S2/c1-22-15-9-11(8-13(19)17(15)23-2)7-12(10-20)24-18-21-14-5-3-4-6-16(14)25-18/h3-9H,1-2H3/b12-7+. The van der Waals surface area contributed by atoms with E-state index in [-0.39, 0.29) is 0 Å². The van der Waals surface area contributed by atoms with Crippen molar-refractivity contribution in [1.82, 2.24) is 4.98 Å². The lowest BCUT2D eigenvalue weighted by atomic mass is 10.2. The minimum absolute atomic E-state index is 0.571. The minimum Gasteiger partial charge on any atom is -0.493 e. The second-order valence-corrected chi connectivity index (χ2v) is 8.39. The molecule has 0 spiro atoms. The highest BCUT2D eigenvalue weighted by Crippen LogP contribution is 2.37. The number of thiazole rings is 1. The van der Waals surface area contributed by atoms with Crippen LogP contribution in [0.15, 0.2) is 45.6 Å². The van der Waals surface area contributed by atoms with Gasteiger partial charge in [0.25, 0.3) is 0 Å². The topological polar surface area (TPSA) is 55.1 Å². The van der Waals surface area contributed by atoms with Gasteiger partial charge in [0.05, 0.1) is 32.9 Å². The molecule has 0 aliphatic rings. The Labute approximate surface area is 167 Å². The van der Waals surface area contributed by atoms with Crippen molar-refractivity contribution in [2.75, 3.05) is 14.2 Å². The third kappa shape index (κ3) is 4.08. The fourth-order valence-corrected chi connectivity index (χ4v) is 5.07. The molecule has 4 nitrogen and oxygen atoms in total. The Morgan fingerprint density at radius 2 is 2.08 bits per heavy atom. The Morgan fingerprint density at radius 1 is 1.28 bits per heavy atom. The molecule has 3 rings (SSSR count). The number of methoxy groups -OCH3 is 2. The molecule has 2 aromatic carbocycles. The summed E-state index contributed by atoms with van der Waals surface area (Å²) in [4.78, 5) is 5.14. The van der Waals surface area contributed by atoms with Crippen LogP contribution in [0.1, 0.15) is 5.56 Å². The van der Waals surface area contributed by atoms with E-state index in [1.54, 1.807) is 25.6 Å². The first-order chi connectivity index (χ1) is 12.1. The Hall–Kier alpha value is -1.76. The number of aromatic nitrogens is 1. The molecule has 0 unspecified atom stereocenters. The number of fused-ring (bicyclic) bond motifs is 1. The molecule has 0 fully saturated rings. The first kappa shape index (κ1) is 18.0. The molecule has 0 aliphatic heterocycles. The number of thioether (sulfide) groups is 1. The summed E-state index contributed by atoms with van der Waals surface area (Å²) in [5.41, 5.74) is 1.83. The largest absolute Gasteiger partial charge is 0.493 e. The average Bonchev–Trinajstić information content (AvgIpc) is 3.02. The molecule has 0 saturated heterocycles. The molecule has 0 saturated carbocycles. The predicted molar refractivity (Wildman–Crippen MR) is 111 cm³/mol. The van der Waals surface area contributed by atoms with Gasteiger partial charge in [0.1, 0.15) is 6.07 Å². The molecule has 0 atom stereocenters. The quantitative estimate of drug-likeness (QED) is 0.271. The van der Waals surface area contributed by atoms with Crippen LogP contribution in [0, 0.1) is 14.9 Å². The van der Waals surface area contributed by atoms with Crippen molar-refractivity contribution in [1.29, 1.82) is 5.26 Å². The zero-order chi connectivity index (χ0) is 17.8. The molecule has 0 N–H and O–H groups in total. The van der Waals surface area contributed by atoms with E-state index in [4.69, 9.17) is 9.47 Å². The van der Waals surface area contributed by atoms with Crippen LogP contribution in [0.2, 0.25) is 0 Å². The zero-order valence-corrected chi connectivity index (χ0v) is 17.2. The number of allylic oxidation sites excluding steroid dienone is 1. The Morgan fingerprint density at radius 3 is 2.76 bits per heavy atom. The van der Waals surface area contributed by atoms with E-state index in [2.05, 4.69) is 33.6 Å². The maximum Gasteiger partial charge on any atom is 0.174 e. The van der Waals surface area contributed by atoms with Gasteiger partial charge in [-0.05, 0) is 70.3 Å². The first-order valence-corrected chi connectivity index (χ1v) is 9.92. The summed E-state index contributed by atoms with van der Waals surface area (Å²) >= 11 is 5.15. The lowest BCUT2D eigenvalue weighted by Crippen LogP contribution is -1.94. The van der Waals surface area contributed by atoms with Crippen LogP contribution in [0.5, 0.6) is 11.5 Å². The molecule has 1 heterocycles. The van der Waals surface area contributed by atoms with E-state index in [0.29, 0.717) is 16.4 Å². The van der Waals surface area contributed by atoms with Crippen LogP contribution in [-0.2, 0) is 0 Å². The maximum absolute atomic E-state index is 9.50. The fourth-order valence-electron chi connectivity index (χ4n) is 2.25. The predicted octanol–water partition coefficient (Wildman–Crippen LogP) is 5.57. The third-order valence-corrected chi connectivity index (χ3v) is 6.16. The van der Waals surface area contributed by atoms with Gasteiger partial charge >= 0.3 is 0 Å². The molecule has 3 aromatic rings. The van der Waals surface area contributed by atoms with E-state index in [1.165, 1.54) is 11.8 Å². The van der Waals surface area contributed by atoms with Crippen LogP contribution < -0.4 is 9.47 Å². The van der Waals surface area contributed by atoms with Crippen molar-refractivity contribution in [2.24, 2.45) is 0 Å². The number of para-hydroxylation sites is 1. The molecular formula is C18H13IN2O2S2. The van der Waals surface area contributed by atoms with Gasteiger partial charge in [-0.25, -0.2) is 4.98 Å². The van der Waals surface area contributed by atoms with Crippen molar-refractivity contribution in [3.8, 4) is 17.6 Å². The molecule has 0 aliphatic carbocycles. The van der Waals surface area contributed by atoms with Crippen LogP contribution in [0.25, 0.3) is 16.3 Å². The summed E-state index contributed by atoms with van der Waals surface area (Å²) in [6.07, 6.45) is 1.83. The Bertz CT molecular complexity index is 959. The number of hydrogen-bond acceptors (Lipinski definition) is 6. The monoisotopic (exact) mass is 480 g/mol. The second kappa shape index (κ2) is 8.08. The van der Waals surface area contributed by atoms with Gasteiger partial charge in [0.2, 0.25) is 0 Å². The molecule has 0 radical (unpaired) electrons. The van der Waals surface area contributed by atoms with Crippen LogP contribution in [-0.4, -0.2) is 19.2 Å². The summed E-state index contributed by atoms with van der Waals surface area (Å²) in [7, 11) is 3.21. The van der Waals surface area contributed by atoms with E-state index >= 15 is 0 Å². The molecule has 7 heteroatoms. The average molecular weight is 480 g/mol. The van der Waals surface area contributed by atoms with Crippen molar-refractivity contribution >= 4 is 62.0 Å². The highest BCUT2D eigenvalue weighted by Gasteiger charge is 2.11. The van der Waals surface area contributed by atoms with Crippen LogP contribution >= 0.6 is 45.7 Å². The Kier molecular flexibility index (Phi) is 5.83. The molecular weight excluding hydrogens is 467 g/mol. The van der Waals surface area contributed by atoms with Gasteiger partial charge in [-0.15, -0.1) is 11.3 Å². The third-order valence-electron chi connectivity index (χ3n) is 3.34. The van der Waals surface area contributed by atoms with Gasteiger partial charge in [-0.2, -0.15) is 5.26 Å². The maximum atomic E-state index is 9.50. The number of hydrogen-bond donors (Lipinski definition) is 0. The van der Waals surface area contributed by atoms with Crippen molar-refractivity contribution in [2.45, 2.75) is 4.34 Å². The van der Waals surface area contributed by atoms with Gasteiger partial charge < -0.3 is 9.47 Å². The molecule has 126 valence electrons. The lowest BCUT2D eigenvalue weighted by Gasteiger charge is -2.10. The molecule has 25 heavy (non-hydrogen) atoms. The van der Waals surface area contributed by atoms with E-state index in [1.807, 2.05) is 42.5 Å². The number of halogens is 1. The number of nitrogens with zero attached hydrogens (tertiary/aromatic N) is 2. The minimum atomic E-state index is 0.571. The second-order valence-electron chi connectivity index (χ2n) is 4.91. The first-order valence-electron chi connectivity index (χ1n) is 7.21. The zero-order valence-electron chi connectivity index (χ0n) is 13.4. The molecule has 1 aromatic heterocycles. The van der Waals surface area contributed by atoms with Gasteiger partial charge in [0, 0.05) is 0 Å². The lowest BCUT2D eigenvalue weighted by molar-refractivity contribution is 0.353. The summed E-state index contributed by atoms with van der Waals surface area (Å²) in [6, 6.07) is 14.0. The highest BCUT2D eigenvalue weighted by molar-refractivity contribution is 14.1. The van der Waals surface area contributed by atoms with Crippen molar-refractivity contribution in [3.05, 3.63) is 50.4 Å². The van der Waals surface area contributed by atoms with E-state index < -0.39 is 0 Å². The normalized spacial score (nSPS) is 11.4. The molecule has 0 amide bonds. The number of ether oxygens (including phenoxy) is 2. The smallest absolute Gasteiger partial charge is 0.174 e.